The van der Waals surface area contributed by atoms with Crippen LogP contribution in [0.2, 0.25) is 0 Å². The van der Waals surface area contributed by atoms with Crippen molar-refractivity contribution in [2.75, 3.05) is 25.6 Å². The minimum absolute atomic E-state index is 0.405. The van der Waals surface area contributed by atoms with Gasteiger partial charge in [-0.15, -0.1) is 0 Å². The Morgan fingerprint density at radius 3 is 3.06 bits per heavy atom. The van der Waals surface area contributed by atoms with E-state index < -0.39 is 5.54 Å². The molecule has 1 aliphatic rings. The van der Waals surface area contributed by atoms with Gasteiger partial charge in [-0.1, -0.05) is 12.1 Å². The first-order chi connectivity index (χ1) is 8.14. The molecule has 0 radical (unpaired) electrons. The van der Waals surface area contributed by atoms with Gasteiger partial charge in [-0.25, -0.2) is 4.99 Å². The quantitative estimate of drug-likeness (QED) is 0.796. The molecule has 2 N–H and O–H groups in total. The van der Waals surface area contributed by atoms with Crippen LogP contribution >= 0.6 is 0 Å². The van der Waals surface area contributed by atoms with Gasteiger partial charge in [0.15, 0.2) is 0 Å². The lowest BCUT2D eigenvalue weighted by Gasteiger charge is -2.30. The molecule has 0 fully saturated rings. The van der Waals surface area contributed by atoms with E-state index in [1.54, 1.807) is 0 Å². The third-order valence-corrected chi connectivity index (χ3v) is 2.80. The SMILES string of the molecule is CCOC1=NC(C)(c2cccc(N)c2)COC1. The Kier molecular flexibility index (Phi) is 3.33. The molecule has 17 heavy (non-hydrogen) atoms. The van der Waals surface area contributed by atoms with E-state index in [-0.39, 0.29) is 0 Å². The summed E-state index contributed by atoms with van der Waals surface area (Å²) in [5.74, 6) is 0.656. The Bertz CT molecular complexity index is 431. The van der Waals surface area contributed by atoms with Gasteiger partial charge in [-0.3, -0.25) is 0 Å². The largest absolute Gasteiger partial charge is 0.480 e. The topological polar surface area (TPSA) is 56.8 Å². The summed E-state index contributed by atoms with van der Waals surface area (Å²) in [5.41, 5.74) is 7.18. The van der Waals surface area contributed by atoms with Crippen LogP contribution in [-0.2, 0) is 15.0 Å². The van der Waals surface area contributed by atoms with E-state index in [2.05, 4.69) is 4.99 Å². The van der Waals surface area contributed by atoms with Crippen LogP contribution in [-0.4, -0.2) is 25.7 Å². The Morgan fingerprint density at radius 1 is 1.53 bits per heavy atom. The standard InChI is InChI=1S/C13H18N2O2/c1-3-17-12-8-16-9-13(2,15-12)10-5-4-6-11(14)7-10/h4-7H,3,8-9,14H2,1-2H3. The lowest BCUT2D eigenvalue weighted by Crippen LogP contribution is -2.35. The molecule has 4 nitrogen and oxygen atoms in total. The number of anilines is 1. The van der Waals surface area contributed by atoms with Crippen LogP contribution in [0.1, 0.15) is 19.4 Å². The van der Waals surface area contributed by atoms with Crippen molar-refractivity contribution in [3.8, 4) is 0 Å². The summed E-state index contributed by atoms with van der Waals surface area (Å²) in [5, 5.41) is 0. The third-order valence-electron chi connectivity index (χ3n) is 2.80. The second-order valence-corrected chi connectivity index (χ2v) is 4.33. The predicted molar refractivity (Wildman–Crippen MR) is 68.1 cm³/mol. The Labute approximate surface area is 101 Å². The molecule has 0 aliphatic carbocycles. The van der Waals surface area contributed by atoms with Crippen LogP contribution in [0.25, 0.3) is 0 Å². The maximum atomic E-state index is 5.80. The fourth-order valence-electron chi connectivity index (χ4n) is 1.94. The highest BCUT2D eigenvalue weighted by Crippen LogP contribution is 2.29. The Hall–Kier alpha value is -1.55. The molecule has 1 unspecified atom stereocenters. The average Bonchev–Trinajstić information content (AvgIpc) is 2.30. The molecule has 1 aromatic carbocycles. The normalized spacial score (nSPS) is 24.2. The molecule has 0 amide bonds. The molecule has 1 heterocycles. The molecule has 0 saturated carbocycles. The number of hydrogen-bond donors (Lipinski definition) is 1. The maximum absolute atomic E-state index is 5.80. The van der Waals surface area contributed by atoms with Crippen LogP contribution in [0.4, 0.5) is 5.69 Å². The molecular formula is C13H18N2O2. The van der Waals surface area contributed by atoms with Gasteiger partial charge in [0.05, 0.1) is 13.2 Å². The van der Waals surface area contributed by atoms with E-state index in [9.17, 15) is 0 Å². The highest BCUT2D eigenvalue weighted by atomic mass is 16.5. The minimum Gasteiger partial charge on any atom is -0.480 e. The first-order valence-corrected chi connectivity index (χ1v) is 5.79. The van der Waals surface area contributed by atoms with Crippen LogP contribution in [0.15, 0.2) is 29.3 Å². The van der Waals surface area contributed by atoms with Gasteiger partial charge in [0.25, 0.3) is 0 Å². The van der Waals surface area contributed by atoms with E-state index in [1.165, 1.54) is 0 Å². The van der Waals surface area contributed by atoms with Crippen molar-refractivity contribution in [3.05, 3.63) is 29.8 Å². The molecule has 0 saturated heterocycles. The number of nitrogens with zero attached hydrogens (tertiary/aromatic N) is 1. The number of ether oxygens (including phenoxy) is 2. The zero-order valence-corrected chi connectivity index (χ0v) is 10.3. The van der Waals surface area contributed by atoms with Gasteiger partial charge in [-0.05, 0) is 31.5 Å². The van der Waals surface area contributed by atoms with Crippen molar-refractivity contribution in [1.29, 1.82) is 0 Å². The van der Waals surface area contributed by atoms with Crippen LogP contribution in [0.5, 0.6) is 0 Å². The predicted octanol–water partition coefficient (Wildman–Crippen LogP) is 1.95. The molecule has 1 aromatic rings. The second-order valence-electron chi connectivity index (χ2n) is 4.33. The van der Waals surface area contributed by atoms with Crippen LogP contribution in [0.3, 0.4) is 0 Å². The summed E-state index contributed by atoms with van der Waals surface area (Å²) in [6.07, 6.45) is 0. The summed E-state index contributed by atoms with van der Waals surface area (Å²) in [7, 11) is 0. The molecule has 0 bridgehead atoms. The van der Waals surface area contributed by atoms with Crippen molar-refractivity contribution < 1.29 is 9.47 Å². The number of aliphatic imine (C=N–C) groups is 1. The van der Waals surface area contributed by atoms with Gasteiger partial charge in [0, 0.05) is 5.69 Å². The van der Waals surface area contributed by atoms with Gasteiger partial charge in [0.2, 0.25) is 5.90 Å². The first kappa shape index (κ1) is 11.9. The van der Waals surface area contributed by atoms with Gasteiger partial charge in [0.1, 0.15) is 12.1 Å². The molecule has 2 rings (SSSR count). The fraction of sp³-hybridized carbons (Fsp3) is 0.462. The Morgan fingerprint density at radius 2 is 2.35 bits per heavy atom. The molecule has 1 aliphatic heterocycles. The molecule has 1 atom stereocenters. The average molecular weight is 234 g/mol. The van der Waals surface area contributed by atoms with Crippen molar-refractivity contribution in [2.24, 2.45) is 4.99 Å². The molecular weight excluding hydrogens is 216 g/mol. The lowest BCUT2D eigenvalue weighted by atomic mass is 9.92. The second kappa shape index (κ2) is 4.75. The van der Waals surface area contributed by atoms with E-state index in [0.29, 0.717) is 25.7 Å². The highest BCUT2D eigenvalue weighted by molar-refractivity contribution is 5.78. The summed E-state index contributed by atoms with van der Waals surface area (Å²) < 4.78 is 11.0. The number of nitrogen functional groups attached to an aromatic ring is 1. The number of rotatable bonds is 2. The van der Waals surface area contributed by atoms with Gasteiger partial charge < -0.3 is 15.2 Å². The lowest BCUT2D eigenvalue weighted by molar-refractivity contribution is 0.0861. The summed E-state index contributed by atoms with van der Waals surface area (Å²) >= 11 is 0. The van der Waals surface area contributed by atoms with Crippen molar-refractivity contribution in [1.82, 2.24) is 0 Å². The first-order valence-electron chi connectivity index (χ1n) is 5.79. The maximum Gasteiger partial charge on any atom is 0.211 e. The van der Waals surface area contributed by atoms with Crippen molar-refractivity contribution in [2.45, 2.75) is 19.4 Å². The molecule has 0 aromatic heterocycles. The smallest absolute Gasteiger partial charge is 0.211 e. The number of nitrogens with two attached hydrogens (primary N) is 1. The molecule has 4 heteroatoms. The third kappa shape index (κ3) is 2.58. The number of hydrogen-bond acceptors (Lipinski definition) is 4. The molecule has 0 spiro atoms. The van der Waals surface area contributed by atoms with Crippen molar-refractivity contribution >= 4 is 11.6 Å². The zero-order chi connectivity index (χ0) is 12.3. The van der Waals surface area contributed by atoms with E-state index in [1.807, 2.05) is 38.1 Å². The van der Waals surface area contributed by atoms with Crippen molar-refractivity contribution in [3.63, 3.8) is 0 Å². The van der Waals surface area contributed by atoms with Crippen LogP contribution < -0.4 is 5.73 Å². The summed E-state index contributed by atoms with van der Waals surface area (Å²) in [6, 6.07) is 7.74. The minimum atomic E-state index is -0.405. The van der Waals surface area contributed by atoms with E-state index in [0.717, 1.165) is 11.3 Å². The summed E-state index contributed by atoms with van der Waals surface area (Å²) in [4.78, 5) is 4.63. The van der Waals surface area contributed by atoms with E-state index >= 15 is 0 Å². The van der Waals surface area contributed by atoms with Gasteiger partial charge >= 0.3 is 0 Å². The molecule has 92 valence electrons. The highest BCUT2D eigenvalue weighted by Gasteiger charge is 2.31. The van der Waals surface area contributed by atoms with E-state index in [4.69, 9.17) is 15.2 Å². The number of benzene rings is 1. The summed E-state index contributed by atoms with van der Waals surface area (Å²) in [6.45, 7) is 5.57. The fourth-order valence-corrected chi connectivity index (χ4v) is 1.94. The van der Waals surface area contributed by atoms with Crippen LogP contribution in [0, 0.1) is 0 Å². The zero-order valence-electron chi connectivity index (χ0n) is 10.3. The van der Waals surface area contributed by atoms with Gasteiger partial charge in [-0.2, -0.15) is 0 Å². The monoisotopic (exact) mass is 234 g/mol. The Balaban J connectivity index is 2.32.